The van der Waals surface area contributed by atoms with Gasteiger partial charge in [0.25, 0.3) is 0 Å². The third-order valence-electron chi connectivity index (χ3n) is 4.07. The lowest BCUT2D eigenvalue weighted by Gasteiger charge is -2.22. The molecule has 1 aromatic rings. The van der Waals surface area contributed by atoms with Crippen LogP contribution in [0.15, 0.2) is 24.3 Å². The summed E-state index contributed by atoms with van der Waals surface area (Å²) in [5.41, 5.74) is 1.85. The minimum Gasteiger partial charge on any atom is -0.274 e. The van der Waals surface area contributed by atoms with Crippen LogP contribution >= 0.6 is 0 Å². The smallest absolute Gasteiger partial charge is 0.233 e. The number of nitrogens with zero attached hydrogens (tertiary/aromatic N) is 1. The van der Waals surface area contributed by atoms with E-state index in [1.807, 2.05) is 31.2 Å². The number of hydrogen-bond donors (Lipinski definition) is 0. The van der Waals surface area contributed by atoms with Crippen LogP contribution in [0.5, 0.6) is 0 Å². The van der Waals surface area contributed by atoms with E-state index in [9.17, 15) is 9.59 Å². The highest BCUT2D eigenvalue weighted by molar-refractivity contribution is 6.14. The van der Waals surface area contributed by atoms with Gasteiger partial charge in [0.05, 0.1) is 5.69 Å². The Morgan fingerprint density at radius 3 is 1.62 bits per heavy atom. The van der Waals surface area contributed by atoms with Crippen molar-refractivity contribution in [1.29, 1.82) is 0 Å². The predicted octanol–water partition coefficient (Wildman–Crippen LogP) is 4.38. The van der Waals surface area contributed by atoms with E-state index in [0.29, 0.717) is 18.5 Å². The number of hydrogen-bond acceptors (Lipinski definition) is 2. The van der Waals surface area contributed by atoms with Gasteiger partial charge >= 0.3 is 0 Å². The zero-order valence-electron chi connectivity index (χ0n) is 12.9. The van der Waals surface area contributed by atoms with Crippen molar-refractivity contribution in [3.8, 4) is 0 Å². The Bertz CT molecular complexity index is 456. The first kappa shape index (κ1) is 15.7. The van der Waals surface area contributed by atoms with Crippen molar-refractivity contribution < 1.29 is 9.59 Å². The van der Waals surface area contributed by atoms with Gasteiger partial charge in [-0.3, -0.25) is 14.5 Å². The van der Waals surface area contributed by atoms with Gasteiger partial charge in [-0.2, -0.15) is 0 Å². The Labute approximate surface area is 127 Å². The molecule has 114 valence electrons. The summed E-state index contributed by atoms with van der Waals surface area (Å²) in [6.45, 7) is 2.00. The molecule has 1 fully saturated rings. The van der Waals surface area contributed by atoms with Gasteiger partial charge in [-0.25, -0.2) is 0 Å². The third-order valence-corrected chi connectivity index (χ3v) is 4.07. The van der Waals surface area contributed by atoms with Crippen LogP contribution in [-0.2, 0) is 9.59 Å². The van der Waals surface area contributed by atoms with E-state index in [1.54, 1.807) is 0 Å². The molecule has 0 spiro atoms. The van der Waals surface area contributed by atoms with Crippen LogP contribution in [0.3, 0.4) is 0 Å². The number of imide groups is 1. The Kier molecular flexibility index (Phi) is 5.97. The molecule has 2 rings (SSSR count). The van der Waals surface area contributed by atoms with Crippen molar-refractivity contribution in [2.45, 2.75) is 64.7 Å². The topological polar surface area (TPSA) is 37.4 Å². The van der Waals surface area contributed by atoms with E-state index < -0.39 is 0 Å². The maximum atomic E-state index is 12.4. The molecule has 3 nitrogen and oxygen atoms in total. The van der Waals surface area contributed by atoms with Gasteiger partial charge < -0.3 is 0 Å². The average molecular weight is 287 g/mol. The van der Waals surface area contributed by atoms with Crippen molar-refractivity contribution in [1.82, 2.24) is 0 Å². The van der Waals surface area contributed by atoms with Crippen molar-refractivity contribution in [3.05, 3.63) is 29.8 Å². The highest BCUT2D eigenvalue weighted by atomic mass is 16.2. The first-order chi connectivity index (χ1) is 10.2. The summed E-state index contributed by atoms with van der Waals surface area (Å²) in [7, 11) is 0. The van der Waals surface area contributed by atoms with E-state index in [-0.39, 0.29) is 11.8 Å². The van der Waals surface area contributed by atoms with Crippen LogP contribution in [0.2, 0.25) is 0 Å². The van der Waals surface area contributed by atoms with Crippen LogP contribution in [0.1, 0.15) is 63.4 Å². The van der Waals surface area contributed by atoms with Crippen LogP contribution in [-0.4, -0.2) is 11.8 Å². The number of amides is 2. The summed E-state index contributed by atoms with van der Waals surface area (Å²) in [6.07, 6.45) is 8.51. The number of rotatable bonds is 1. The van der Waals surface area contributed by atoms with E-state index in [1.165, 1.54) is 24.2 Å². The van der Waals surface area contributed by atoms with Crippen LogP contribution in [0.4, 0.5) is 5.69 Å². The molecular formula is C18H25NO2. The Hall–Kier alpha value is -1.64. The molecule has 3 heteroatoms. The molecule has 2 amide bonds. The van der Waals surface area contributed by atoms with E-state index in [0.717, 1.165) is 31.2 Å². The van der Waals surface area contributed by atoms with Crippen molar-refractivity contribution in [2.75, 3.05) is 4.90 Å². The van der Waals surface area contributed by atoms with Gasteiger partial charge in [0.15, 0.2) is 0 Å². The maximum absolute atomic E-state index is 12.4. The molecule has 1 saturated heterocycles. The molecule has 21 heavy (non-hydrogen) atoms. The zero-order chi connectivity index (χ0) is 15.1. The zero-order valence-corrected chi connectivity index (χ0v) is 12.9. The summed E-state index contributed by atoms with van der Waals surface area (Å²) >= 11 is 0. The summed E-state index contributed by atoms with van der Waals surface area (Å²) in [6, 6.07) is 7.64. The van der Waals surface area contributed by atoms with Gasteiger partial charge in [0, 0.05) is 12.8 Å². The lowest BCUT2D eigenvalue weighted by Crippen LogP contribution is -2.36. The number of carbonyl (C=O) groups is 2. The molecule has 1 aromatic carbocycles. The molecule has 0 saturated carbocycles. The molecule has 0 radical (unpaired) electrons. The second kappa shape index (κ2) is 7.96. The van der Waals surface area contributed by atoms with Crippen molar-refractivity contribution >= 4 is 17.5 Å². The van der Waals surface area contributed by atoms with Gasteiger partial charge in [-0.05, 0) is 31.9 Å². The van der Waals surface area contributed by atoms with Gasteiger partial charge in [0.2, 0.25) is 11.8 Å². The van der Waals surface area contributed by atoms with Crippen molar-refractivity contribution in [2.24, 2.45) is 0 Å². The van der Waals surface area contributed by atoms with E-state index in [2.05, 4.69) is 0 Å². The molecule has 0 N–H and O–H groups in total. The maximum Gasteiger partial charge on any atom is 0.233 e. The van der Waals surface area contributed by atoms with E-state index in [4.69, 9.17) is 0 Å². The summed E-state index contributed by atoms with van der Waals surface area (Å²) in [5.74, 6) is -0.103. The summed E-state index contributed by atoms with van der Waals surface area (Å²) in [4.78, 5) is 26.3. The third kappa shape index (κ3) is 4.69. The quantitative estimate of drug-likeness (QED) is 0.719. The largest absolute Gasteiger partial charge is 0.274 e. The molecule has 0 unspecified atom stereocenters. The lowest BCUT2D eigenvalue weighted by atomic mass is 10.0. The number of carbonyl (C=O) groups excluding carboxylic acids is 2. The molecule has 0 aromatic heterocycles. The van der Waals surface area contributed by atoms with Crippen LogP contribution < -0.4 is 4.90 Å². The van der Waals surface area contributed by atoms with Crippen LogP contribution in [0.25, 0.3) is 0 Å². The Morgan fingerprint density at radius 2 is 1.14 bits per heavy atom. The van der Waals surface area contributed by atoms with Crippen molar-refractivity contribution in [3.63, 3.8) is 0 Å². The molecule has 0 bridgehead atoms. The fourth-order valence-electron chi connectivity index (χ4n) is 2.78. The Morgan fingerprint density at radius 1 is 0.714 bits per heavy atom. The Balaban J connectivity index is 2.16. The van der Waals surface area contributed by atoms with Gasteiger partial charge in [-0.1, -0.05) is 49.8 Å². The molecule has 0 aliphatic carbocycles. The molecule has 1 aliphatic rings. The minimum absolute atomic E-state index is 0.0515. The molecule has 0 atom stereocenters. The highest BCUT2D eigenvalue weighted by Gasteiger charge is 2.22. The number of anilines is 1. The first-order valence-corrected chi connectivity index (χ1v) is 8.11. The van der Waals surface area contributed by atoms with Gasteiger partial charge in [-0.15, -0.1) is 0 Å². The standard InChI is InChI=1S/C18H25NO2/c1-15-11-13-16(14-12-15)19-17(20)9-7-5-3-2-4-6-8-10-18(19)21/h11-14H,2-10H2,1H3. The SMILES string of the molecule is Cc1ccc(N2C(=O)CCCCCCCCCC2=O)cc1. The predicted molar refractivity (Wildman–Crippen MR) is 85.2 cm³/mol. The minimum atomic E-state index is -0.0515. The van der Waals surface area contributed by atoms with E-state index >= 15 is 0 Å². The summed E-state index contributed by atoms with van der Waals surface area (Å²) in [5, 5.41) is 0. The van der Waals surface area contributed by atoms with Crippen LogP contribution in [0, 0.1) is 6.92 Å². The molecule has 1 heterocycles. The lowest BCUT2D eigenvalue weighted by molar-refractivity contribution is -0.126. The monoisotopic (exact) mass is 287 g/mol. The first-order valence-electron chi connectivity index (χ1n) is 8.11. The second-order valence-electron chi connectivity index (χ2n) is 5.93. The number of aryl methyl sites for hydroxylation is 1. The number of benzene rings is 1. The molecule has 1 aliphatic heterocycles. The molecular weight excluding hydrogens is 262 g/mol. The highest BCUT2D eigenvalue weighted by Crippen LogP contribution is 2.21. The average Bonchev–Trinajstić information content (AvgIpc) is 2.46. The second-order valence-corrected chi connectivity index (χ2v) is 5.93. The fourth-order valence-corrected chi connectivity index (χ4v) is 2.78. The normalized spacial score (nSPS) is 19.0. The van der Waals surface area contributed by atoms with Gasteiger partial charge in [0.1, 0.15) is 0 Å². The fraction of sp³-hybridized carbons (Fsp3) is 0.556. The summed E-state index contributed by atoms with van der Waals surface area (Å²) < 4.78 is 0.